The summed E-state index contributed by atoms with van der Waals surface area (Å²) in [6.07, 6.45) is 2.20. The van der Waals surface area contributed by atoms with Crippen LogP contribution in [0.3, 0.4) is 0 Å². The number of rotatable bonds is 6. The first-order chi connectivity index (χ1) is 8.88. The molecule has 0 saturated heterocycles. The van der Waals surface area contributed by atoms with E-state index in [0.717, 1.165) is 24.3 Å². The summed E-state index contributed by atoms with van der Waals surface area (Å²) in [6.45, 7) is 0.622. The third-order valence-corrected chi connectivity index (χ3v) is 3.11. The molecule has 0 aliphatic rings. The second-order valence-corrected chi connectivity index (χ2v) is 4.69. The summed E-state index contributed by atoms with van der Waals surface area (Å²) in [5.41, 5.74) is 2.53. The summed E-state index contributed by atoms with van der Waals surface area (Å²) < 4.78 is 5.74. The van der Waals surface area contributed by atoms with E-state index in [4.69, 9.17) is 4.74 Å². The zero-order valence-corrected chi connectivity index (χ0v) is 11.3. The van der Waals surface area contributed by atoms with E-state index < -0.39 is 0 Å². The largest absolute Gasteiger partial charge is 0.489 e. The molecule has 0 unspecified atom stereocenters. The Morgan fingerprint density at radius 3 is 2.22 bits per heavy atom. The number of benzene rings is 2. The van der Waals surface area contributed by atoms with Crippen molar-refractivity contribution >= 4 is 12.6 Å². The Hall–Kier alpha value is -1.41. The van der Waals surface area contributed by atoms with Gasteiger partial charge in [-0.2, -0.15) is 12.6 Å². The zero-order valence-electron chi connectivity index (χ0n) is 10.4. The highest BCUT2D eigenvalue weighted by molar-refractivity contribution is 7.80. The van der Waals surface area contributed by atoms with Crippen LogP contribution in [0.5, 0.6) is 5.75 Å². The number of hydrogen-bond acceptors (Lipinski definition) is 2. The van der Waals surface area contributed by atoms with Crippen molar-refractivity contribution in [3.63, 3.8) is 0 Å². The molecule has 1 nitrogen and oxygen atoms in total. The lowest BCUT2D eigenvalue weighted by molar-refractivity contribution is 0.306. The summed E-state index contributed by atoms with van der Waals surface area (Å²) in [4.78, 5) is 0. The molecule has 0 bridgehead atoms. The van der Waals surface area contributed by atoms with E-state index in [0.29, 0.717) is 6.61 Å². The number of ether oxygens (including phenoxy) is 1. The molecule has 0 radical (unpaired) electrons. The Morgan fingerprint density at radius 1 is 0.833 bits per heavy atom. The third-order valence-electron chi connectivity index (χ3n) is 2.80. The lowest BCUT2D eigenvalue weighted by Crippen LogP contribution is -1.95. The van der Waals surface area contributed by atoms with Crippen molar-refractivity contribution < 1.29 is 4.74 Å². The van der Waals surface area contributed by atoms with Gasteiger partial charge < -0.3 is 4.74 Å². The molecule has 0 spiro atoms. The predicted molar refractivity (Wildman–Crippen MR) is 79.4 cm³/mol. The molecule has 0 heterocycles. The zero-order chi connectivity index (χ0) is 12.6. The molecule has 2 aromatic carbocycles. The maximum Gasteiger partial charge on any atom is 0.119 e. The van der Waals surface area contributed by atoms with Gasteiger partial charge in [-0.25, -0.2) is 0 Å². The lowest BCUT2D eigenvalue weighted by Gasteiger charge is -2.07. The van der Waals surface area contributed by atoms with Crippen LogP contribution < -0.4 is 4.74 Å². The SMILES string of the molecule is SCCCc1ccc(OCc2ccccc2)cc1. The minimum Gasteiger partial charge on any atom is -0.489 e. The molecule has 0 aromatic heterocycles. The summed E-state index contributed by atoms with van der Waals surface area (Å²) in [5, 5.41) is 0. The van der Waals surface area contributed by atoms with Crippen LogP contribution in [0.25, 0.3) is 0 Å². The lowest BCUT2D eigenvalue weighted by atomic mass is 10.1. The van der Waals surface area contributed by atoms with Gasteiger partial charge in [0.25, 0.3) is 0 Å². The van der Waals surface area contributed by atoms with E-state index in [9.17, 15) is 0 Å². The molecule has 2 rings (SSSR count). The topological polar surface area (TPSA) is 9.23 Å². The predicted octanol–water partition coefficient (Wildman–Crippen LogP) is 4.13. The molecule has 0 fully saturated rings. The summed E-state index contributed by atoms with van der Waals surface area (Å²) >= 11 is 4.22. The van der Waals surface area contributed by atoms with Crippen molar-refractivity contribution in [1.29, 1.82) is 0 Å². The molecule has 2 aromatic rings. The van der Waals surface area contributed by atoms with Gasteiger partial charge in [0.1, 0.15) is 12.4 Å². The first kappa shape index (κ1) is 13.0. The van der Waals surface area contributed by atoms with Gasteiger partial charge in [-0.05, 0) is 41.9 Å². The molecular formula is C16H18OS. The quantitative estimate of drug-likeness (QED) is 0.767. The Kier molecular flexibility index (Phi) is 5.15. The fourth-order valence-corrected chi connectivity index (χ4v) is 1.93. The second kappa shape index (κ2) is 7.12. The van der Waals surface area contributed by atoms with E-state index in [1.807, 2.05) is 30.3 Å². The average Bonchev–Trinajstić information content (AvgIpc) is 2.45. The van der Waals surface area contributed by atoms with Gasteiger partial charge in [-0.15, -0.1) is 0 Å². The maximum atomic E-state index is 5.74. The maximum absolute atomic E-state index is 5.74. The van der Waals surface area contributed by atoms with Gasteiger partial charge in [0.2, 0.25) is 0 Å². The van der Waals surface area contributed by atoms with Gasteiger partial charge >= 0.3 is 0 Å². The summed E-state index contributed by atoms with van der Waals surface area (Å²) in [5.74, 6) is 1.86. The molecule has 0 atom stereocenters. The van der Waals surface area contributed by atoms with E-state index in [1.165, 1.54) is 11.1 Å². The number of hydrogen-bond donors (Lipinski definition) is 1. The van der Waals surface area contributed by atoms with Crippen molar-refractivity contribution in [1.82, 2.24) is 0 Å². The average molecular weight is 258 g/mol. The standard InChI is InChI=1S/C16H18OS/c18-12-4-7-14-8-10-16(11-9-14)17-13-15-5-2-1-3-6-15/h1-3,5-6,8-11,18H,4,7,12-13H2. The Morgan fingerprint density at radius 2 is 1.56 bits per heavy atom. The first-order valence-corrected chi connectivity index (χ1v) is 6.88. The molecule has 2 heteroatoms. The van der Waals surface area contributed by atoms with Crippen molar-refractivity contribution in [2.45, 2.75) is 19.4 Å². The highest BCUT2D eigenvalue weighted by Crippen LogP contribution is 2.15. The molecule has 94 valence electrons. The molecule has 0 aliphatic heterocycles. The van der Waals surface area contributed by atoms with Crippen molar-refractivity contribution in [2.75, 3.05) is 5.75 Å². The number of aryl methyl sites for hydroxylation is 1. The minimum atomic E-state index is 0.622. The molecule has 0 N–H and O–H groups in total. The fourth-order valence-electron chi connectivity index (χ4n) is 1.78. The van der Waals surface area contributed by atoms with E-state index in [-0.39, 0.29) is 0 Å². The molecule has 0 aliphatic carbocycles. The monoisotopic (exact) mass is 258 g/mol. The highest BCUT2D eigenvalue weighted by atomic mass is 32.1. The van der Waals surface area contributed by atoms with Gasteiger partial charge in [0, 0.05) is 0 Å². The van der Waals surface area contributed by atoms with Crippen LogP contribution in [0.1, 0.15) is 17.5 Å². The molecule has 0 amide bonds. The normalized spacial score (nSPS) is 10.3. The van der Waals surface area contributed by atoms with Gasteiger partial charge in [0.05, 0.1) is 0 Å². The minimum absolute atomic E-state index is 0.622. The first-order valence-electron chi connectivity index (χ1n) is 6.25. The molecule has 0 saturated carbocycles. The second-order valence-electron chi connectivity index (χ2n) is 4.25. The molecular weight excluding hydrogens is 240 g/mol. The summed E-state index contributed by atoms with van der Waals surface area (Å²) in [7, 11) is 0. The van der Waals surface area contributed by atoms with Crippen LogP contribution in [-0.4, -0.2) is 5.75 Å². The van der Waals surface area contributed by atoms with Crippen molar-refractivity contribution in [3.05, 3.63) is 65.7 Å². The fraction of sp³-hybridized carbons (Fsp3) is 0.250. The van der Waals surface area contributed by atoms with Gasteiger partial charge in [0.15, 0.2) is 0 Å². The van der Waals surface area contributed by atoms with Gasteiger partial charge in [-0.3, -0.25) is 0 Å². The third kappa shape index (κ3) is 4.11. The van der Waals surface area contributed by atoms with Crippen molar-refractivity contribution in [3.8, 4) is 5.75 Å². The Balaban J connectivity index is 1.86. The highest BCUT2D eigenvalue weighted by Gasteiger charge is 1.97. The number of thiol groups is 1. The summed E-state index contributed by atoms with van der Waals surface area (Å²) in [6, 6.07) is 18.5. The van der Waals surface area contributed by atoms with Crippen LogP contribution in [-0.2, 0) is 13.0 Å². The Bertz CT molecular complexity index is 450. The van der Waals surface area contributed by atoms with Crippen molar-refractivity contribution in [2.24, 2.45) is 0 Å². The molecule has 18 heavy (non-hydrogen) atoms. The van der Waals surface area contributed by atoms with Crippen LogP contribution in [0.2, 0.25) is 0 Å². The van der Waals surface area contributed by atoms with Gasteiger partial charge in [-0.1, -0.05) is 42.5 Å². The smallest absolute Gasteiger partial charge is 0.119 e. The van der Waals surface area contributed by atoms with Crippen LogP contribution in [0, 0.1) is 0 Å². The van der Waals surface area contributed by atoms with Crippen LogP contribution in [0.4, 0.5) is 0 Å². The van der Waals surface area contributed by atoms with Crippen LogP contribution in [0.15, 0.2) is 54.6 Å². The van der Waals surface area contributed by atoms with Crippen LogP contribution >= 0.6 is 12.6 Å². The van der Waals surface area contributed by atoms with E-state index >= 15 is 0 Å². The Labute approximate surface area is 114 Å². The van der Waals surface area contributed by atoms with E-state index in [1.54, 1.807) is 0 Å². The van der Waals surface area contributed by atoms with E-state index in [2.05, 4.69) is 36.9 Å².